The summed E-state index contributed by atoms with van der Waals surface area (Å²) in [6.07, 6.45) is -0.605. The maximum Gasteiger partial charge on any atom is 0.196 e. The predicted octanol–water partition coefficient (Wildman–Crippen LogP) is -0.854. The molecule has 1 heterocycles. The fourth-order valence-electron chi connectivity index (χ4n) is 1.22. The maximum atomic E-state index is 9.41. The number of nitrogens with one attached hydrogen (secondary N) is 1. The van der Waals surface area contributed by atoms with Gasteiger partial charge in [0.1, 0.15) is 0 Å². The molecule has 82 valence electrons. The number of hydrogen-bond acceptors (Lipinski definition) is 5. The Morgan fingerprint density at radius 1 is 1.36 bits per heavy atom. The van der Waals surface area contributed by atoms with Crippen molar-refractivity contribution in [3.05, 3.63) is 0 Å². The molecule has 0 bridgehead atoms. The van der Waals surface area contributed by atoms with Gasteiger partial charge < -0.3 is 20.2 Å². The lowest BCUT2D eigenvalue weighted by Gasteiger charge is -2.21. The summed E-state index contributed by atoms with van der Waals surface area (Å²) in [5.41, 5.74) is 0. The van der Waals surface area contributed by atoms with E-state index in [2.05, 4.69) is 15.2 Å². The lowest BCUT2D eigenvalue weighted by molar-refractivity contribution is 0.165. The first-order valence-corrected chi connectivity index (χ1v) is 4.89. The molecule has 1 rings (SSSR count). The summed E-state index contributed by atoms with van der Waals surface area (Å²) in [5.74, 6) is 0.784. The van der Waals surface area contributed by atoms with Gasteiger partial charge in [-0.15, -0.1) is 0 Å². The zero-order valence-corrected chi connectivity index (χ0v) is 9.36. The van der Waals surface area contributed by atoms with Gasteiger partial charge in [0.15, 0.2) is 12.2 Å². The van der Waals surface area contributed by atoms with Crippen molar-refractivity contribution in [2.24, 2.45) is 4.99 Å². The van der Waals surface area contributed by atoms with E-state index in [0.29, 0.717) is 0 Å². The van der Waals surface area contributed by atoms with E-state index in [9.17, 15) is 5.11 Å². The van der Waals surface area contributed by atoms with Crippen molar-refractivity contribution in [3.8, 4) is 0 Å². The minimum absolute atomic E-state index is 0.0202. The van der Waals surface area contributed by atoms with Crippen molar-refractivity contribution in [1.29, 1.82) is 0 Å². The Bertz CT molecular complexity index is 217. The van der Waals surface area contributed by atoms with Crippen molar-refractivity contribution < 1.29 is 5.11 Å². The van der Waals surface area contributed by atoms with Gasteiger partial charge in [-0.3, -0.25) is 0 Å². The third-order valence-electron chi connectivity index (χ3n) is 2.30. The lowest BCUT2D eigenvalue weighted by atomic mass is 10.3. The zero-order valence-electron chi connectivity index (χ0n) is 9.36. The second-order valence-electron chi connectivity index (χ2n) is 4.02. The summed E-state index contributed by atoms with van der Waals surface area (Å²) < 4.78 is 0. The van der Waals surface area contributed by atoms with Gasteiger partial charge in [0.05, 0.1) is 6.04 Å². The van der Waals surface area contributed by atoms with Crippen LogP contribution in [-0.4, -0.2) is 67.4 Å². The van der Waals surface area contributed by atoms with Crippen LogP contribution in [0.15, 0.2) is 4.99 Å². The van der Waals surface area contributed by atoms with Gasteiger partial charge in [0, 0.05) is 20.1 Å². The monoisotopic (exact) mass is 200 g/mol. The van der Waals surface area contributed by atoms with Gasteiger partial charge >= 0.3 is 0 Å². The van der Waals surface area contributed by atoms with Gasteiger partial charge in [-0.05, 0) is 21.0 Å². The van der Waals surface area contributed by atoms with Crippen molar-refractivity contribution in [2.45, 2.75) is 19.2 Å². The van der Waals surface area contributed by atoms with Crippen LogP contribution in [0.5, 0.6) is 0 Å². The molecule has 0 aliphatic carbocycles. The summed E-state index contributed by atoms with van der Waals surface area (Å²) >= 11 is 0. The molecule has 0 aromatic carbocycles. The molecule has 0 saturated heterocycles. The van der Waals surface area contributed by atoms with E-state index in [0.717, 1.165) is 19.0 Å². The number of aliphatic imine (C=N–C) groups is 1. The molecule has 5 heteroatoms. The Labute approximate surface area is 85.4 Å². The van der Waals surface area contributed by atoms with Crippen LogP contribution in [0.2, 0.25) is 0 Å². The van der Waals surface area contributed by atoms with E-state index in [-0.39, 0.29) is 6.04 Å². The fraction of sp³-hybridized carbons (Fsp3) is 0.889. The first kappa shape index (κ1) is 11.3. The Morgan fingerprint density at radius 3 is 2.43 bits per heavy atom. The Balaban J connectivity index is 2.38. The largest absolute Gasteiger partial charge is 0.370 e. The molecule has 2 atom stereocenters. The zero-order chi connectivity index (χ0) is 10.7. The van der Waals surface area contributed by atoms with Gasteiger partial charge in [-0.25, -0.2) is 4.99 Å². The van der Waals surface area contributed by atoms with Crippen LogP contribution in [0.25, 0.3) is 0 Å². The average Bonchev–Trinajstić information content (AvgIpc) is 2.43. The second-order valence-corrected chi connectivity index (χ2v) is 4.02. The third-order valence-corrected chi connectivity index (χ3v) is 2.30. The molecule has 0 saturated carbocycles. The SMILES string of the molecule is CC1NC(N(C)CCN(C)C)=NC1O. The van der Waals surface area contributed by atoms with Crippen molar-refractivity contribution >= 4 is 5.96 Å². The lowest BCUT2D eigenvalue weighted by Crippen LogP contribution is -2.42. The van der Waals surface area contributed by atoms with Crippen LogP contribution in [0, 0.1) is 0 Å². The van der Waals surface area contributed by atoms with Crippen molar-refractivity contribution in [1.82, 2.24) is 15.1 Å². The van der Waals surface area contributed by atoms with Crippen LogP contribution in [0.4, 0.5) is 0 Å². The molecule has 0 fully saturated rings. The highest BCUT2D eigenvalue weighted by atomic mass is 16.3. The van der Waals surface area contributed by atoms with E-state index in [1.807, 2.05) is 33.0 Å². The number of guanidine groups is 1. The van der Waals surface area contributed by atoms with Crippen LogP contribution in [0.1, 0.15) is 6.92 Å². The molecule has 14 heavy (non-hydrogen) atoms. The van der Waals surface area contributed by atoms with E-state index < -0.39 is 6.23 Å². The summed E-state index contributed by atoms with van der Waals surface area (Å²) in [7, 11) is 6.05. The first-order valence-electron chi connectivity index (χ1n) is 4.89. The van der Waals surface area contributed by atoms with Gasteiger partial charge in [0.25, 0.3) is 0 Å². The van der Waals surface area contributed by atoms with E-state index in [1.165, 1.54) is 0 Å². The van der Waals surface area contributed by atoms with Crippen LogP contribution in [-0.2, 0) is 0 Å². The molecule has 1 aliphatic rings. The van der Waals surface area contributed by atoms with Crippen LogP contribution >= 0.6 is 0 Å². The van der Waals surface area contributed by atoms with E-state index in [4.69, 9.17) is 0 Å². The first-order chi connectivity index (χ1) is 6.50. The molecule has 0 amide bonds. The number of nitrogens with zero attached hydrogens (tertiary/aromatic N) is 3. The second kappa shape index (κ2) is 4.61. The van der Waals surface area contributed by atoms with Crippen LogP contribution in [0.3, 0.4) is 0 Å². The molecular weight excluding hydrogens is 180 g/mol. The number of rotatable bonds is 3. The molecule has 2 unspecified atom stereocenters. The molecular formula is C9H20N4O. The topological polar surface area (TPSA) is 51.1 Å². The normalized spacial score (nSPS) is 26.3. The van der Waals surface area contributed by atoms with E-state index >= 15 is 0 Å². The minimum atomic E-state index is -0.605. The Hall–Kier alpha value is -0.810. The Morgan fingerprint density at radius 2 is 2.00 bits per heavy atom. The third kappa shape index (κ3) is 2.85. The van der Waals surface area contributed by atoms with Crippen molar-refractivity contribution in [2.75, 3.05) is 34.2 Å². The number of likely N-dealkylation sites (N-methyl/N-ethyl adjacent to an activating group) is 2. The Kier molecular flexibility index (Phi) is 3.71. The van der Waals surface area contributed by atoms with Gasteiger partial charge in [-0.2, -0.15) is 0 Å². The van der Waals surface area contributed by atoms with Crippen molar-refractivity contribution in [3.63, 3.8) is 0 Å². The summed E-state index contributed by atoms with van der Waals surface area (Å²) in [6.45, 7) is 3.79. The highest BCUT2D eigenvalue weighted by Crippen LogP contribution is 2.04. The highest BCUT2D eigenvalue weighted by molar-refractivity contribution is 5.81. The molecule has 0 aromatic rings. The van der Waals surface area contributed by atoms with Crippen LogP contribution < -0.4 is 5.32 Å². The average molecular weight is 200 g/mol. The number of aliphatic hydroxyl groups is 1. The molecule has 0 spiro atoms. The molecule has 2 N–H and O–H groups in total. The number of aliphatic hydroxyl groups excluding tert-OH is 1. The highest BCUT2D eigenvalue weighted by Gasteiger charge is 2.24. The minimum Gasteiger partial charge on any atom is -0.370 e. The maximum absolute atomic E-state index is 9.41. The summed E-state index contributed by atoms with van der Waals surface area (Å²) in [5, 5.41) is 12.5. The molecule has 0 aromatic heterocycles. The van der Waals surface area contributed by atoms with Gasteiger partial charge in [-0.1, -0.05) is 0 Å². The molecule has 5 nitrogen and oxygen atoms in total. The summed E-state index contributed by atoms with van der Waals surface area (Å²) in [6, 6.07) is 0.0202. The standard InChI is InChI=1S/C9H20N4O/c1-7-8(14)11-9(10-7)13(4)6-5-12(2)3/h7-8,14H,5-6H2,1-4H3,(H,10,11). The molecule has 0 radical (unpaired) electrons. The number of hydrogen-bond donors (Lipinski definition) is 2. The predicted molar refractivity (Wildman–Crippen MR) is 57.2 cm³/mol. The van der Waals surface area contributed by atoms with Gasteiger partial charge in [0.2, 0.25) is 0 Å². The van der Waals surface area contributed by atoms with E-state index in [1.54, 1.807) is 0 Å². The fourth-order valence-corrected chi connectivity index (χ4v) is 1.22. The quantitative estimate of drug-likeness (QED) is 0.623. The molecule has 1 aliphatic heterocycles. The summed E-state index contributed by atoms with van der Waals surface area (Å²) in [4.78, 5) is 8.25. The smallest absolute Gasteiger partial charge is 0.196 e.